The molecule has 0 unspecified atom stereocenters. The van der Waals surface area contributed by atoms with Gasteiger partial charge in [-0.3, -0.25) is 0 Å². The van der Waals surface area contributed by atoms with Crippen LogP contribution >= 0.6 is 0 Å². The Morgan fingerprint density at radius 2 is 1.68 bits per heavy atom. The van der Waals surface area contributed by atoms with Crippen LogP contribution in [0.15, 0.2) is 42.5 Å². The molecule has 22 heavy (non-hydrogen) atoms. The van der Waals surface area contributed by atoms with Gasteiger partial charge in [-0.05, 0) is 35.9 Å². The molecule has 3 nitrogen and oxygen atoms in total. The Balaban J connectivity index is 2.26. The van der Waals surface area contributed by atoms with E-state index in [4.69, 9.17) is 10.5 Å². The molecular weight excluding hydrogens is 302 g/mol. The first-order valence-electron chi connectivity index (χ1n) is 6.25. The lowest BCUT2D eigenvalue weighted by molar-refractivity contribution is -0.274. The molecule has 0 aliphatic heterocycles. The van der Waals surface area contributed by atoms with Crippen LogP contribution in [-0.4, -0.2) is 13.5 Å². The number of halogens is 4. The molecule has 0 saturated carbocycles. The molecule has 2 aromatic rings. The number of rotatable bonds is 4. The van der Waals surface area contributed by atoms with Crippen molar-refractivity contribution in [2.75, 3.05) is 7.11 Å². The molecule has 118 valence electrons. The second-order valence-electron chi connectivity index (χ2n) is 4.48. The first kappa shape index (κ1) is 16.1. The first-order chi connectivity index (χ1) is 10.3. The van der Waals surface area contributed by atoms with Crippen LogP contribution in [0.25, 0.3) is 0 Å². The summed E-state index contributed by atoms with van der Waals surface area (Å²) in [6.07, 6.45) is -4.75. The Morgan fingerprint density at radius 1 is 1.05 bits per heavy atom. The van der Waals surface area contributed by atoms with Gasteiger partial charge in [0.1, 0.15) is 17.3 Å². The number of ether oxygens (including phenoxy) is 2. The number of alkyl halides is 3. The Bertz CT molecular complexity index is 641. The highest BCUT2D eigenvalue weighted by atomic mass is 19.4. The second kappa shape index (κ2) is 6.23. The van der Waals surface area contributed by atoms with Crippen molar-refractivity contribution in [3.8, 4) is 11.5 Å². The molecule has 0 heterocycles. The van der Waals surface area contributed by atoms with Gasteiger partial charge in [0.05, 0.1) is 13.2 Å². The SMILES string of the molecule is COc1ccc(F)cc1[C@H](N)c1ccc(OC(F)(F)F)cc1. The van der Waals surface area contributed by atoms with Gasteiger partial charge in [-0.15, -0.1) is 13.2 Å². The van der Waals surface area contributed by atoms with Crippen molar-refractivity contribution in [3.63, 3.8) is 0 Å². The fourth-order valence-corrected chi connectivity index (χ4v) is 2.00. The number of hydrogen-bond acceptors (Lipinski definition) is 3. The van der Waals surface area contributed by atoms with Gasteiger partial charge in [0.25, 0.3) is 0 Å². The van der Waals surface area contributed by atoms with Gasteiger partial charge in [-0.25, -0.2) is 4.39 Å². The molecule has 0 saturated heterocycles. The molecule has 2 aromatic carbocycles. The van der Waals surface area contributed by atoms with Crippen LogP contribution in [0.5, 0.6) is 11.5 Å². The minimum atomic E-state index is -4.75. The lowest BCUT2D eigenvalue weighted by Crippen LogP contribution is -2.17. The summed E-state index contributed by atoms with van der Waals surface area (Å²) in [5.41, 5.74) is 6.92. The Labute approximate surface area is 124 Å². The van der Waals surface area contributed by atoms with Crippen molar-refractivity contribution in [1.82, 2.24) is 0 Å². The summed E-state index contributed by atoms with van der Waals surface area (Å²) in [6, 6.07) is 8.21. The van der Waals surface area contributed by atoms with E-state index < -0.39 is 18.2 Å². The Kier molecular flexibility index (Phi) is 4.56. The number of benzene rings is 2. The fourth-order valence-electron chi connectivity index (χ4n) is 2.00. The molecule has 2 rings (SSSR count). The zero-order chi connectivity index (χ0) is 16.3. The van der Waals surface area contributed by atoms with Crippen molar-refractivity contribution < 1.29 is 27.0 Å². The highest BCUT2D eigenvalue weighted by molar-refractivity contribution is 5.42. The Hall–Kier alpha value is -2.28. The maximum absolute atomic E-state index is 13.4. The zero-order valence-electron chi connectivity index (χ0n) is 11.5. The predicted molar refractivity (Wildman–Crippen MR) is 72.1 cm³/mol. The van der Waals surface area contributed by atoms with Gasteiger partial charge >= 0.3 is 6.36 Å². The Morgan fingerprint density at radius 3 is 2.23 bits per heavy atom. The maximum Gasteiger partial charge on any atom is 0.573 e. The highest BCUT2D eigenvalue weighted by Gasteiger charge is 2.31. The molecule has 0 aliphatic rings. The summed E-state index contributed by atoms with van der Waals surface area (Å²) in [6.45, 7) is 0. The first-order valence-corrected chi connectivity index (χ1v) is 6.25. The summed E-state index contributed by atoms with van der Waals surface area (Å²) >= 11 is 0. The molecule has 7 heteroatoms. The van der Waals surface area contributed by atoms with E-state index in [0.29, 0.717) is 16.9 Å². The van der Waals surface area contributed by atoms with Crippen LogP contribution in [-0.2, 0) is 0 Å². The topological polar surface area (TPSA) is 44.5 Å². The molecule has 1 atom stereocenters. The standard InChI is InChI=1S/C15H13F4NO2/c1-21-13-7-4-10(16)8-12(13)14(20)9-2-5-11(6-3-9)22-15(17,18)19/h2-8,14H,20H2,1H3/t14-/m1/s1. The van der Waals surface area contributed by atoms with E-state index in [1.54, 1.807) is 0 Å². The average Bonchev–Trinajstić information content (AvgIpc) is 2.45. The third-order valence-corrected chi connectivity index (χ3v) is 3.00. The molecule has 0 fully saturated rings. The van der Waals surface area contributed by atoms with E-state index in [0.717, 1.165) is 12.1 Å². The average molecular weight is 315 g/mol. The summed E-state index contributed by atoms with van der Waals surface area (Å²) in [7, 11) is 1.42. The quantitative estimate of drug-likeness (QED) is 0.873. The van der Waals surface area contributed by atoms with E-state index in [-0.39, 0.29) is 5.75 Å². The minimum Gasteiger partial charge on any atom is -0.496 e. The van der Waals surface area contributed by atoms with Crippen LogP contribution in [0.3, 0.4) is 0 Å². The second-order valence-corrected chi connectivity index (χ2v) is 4.48. The van der Waals surface area contributed by atoms with Crippen LogP contribution in [0.2, 0.25) is 0 Å². The van der Waals surface area contributed by atoms with Gasteiger partial charge in [0.2, 0.25) is 0 Å². The largest absolute Gasteiger partial charge is 0.573 e. The van der Waals surface area contributed by atoms with Gasteiger partial charge in [0, 0.05) is 5.56 Å². The summed E-state index contributed by atoms with van der Waals surface area (Å²) in [5.74, 6) is -0.442. The van der Waals surface area contributed by atoms with Gasteiger partial charge < -0.3 is 15.2 Å². The predicted octanol–water partition coefficient (Wildman–Crippen LogP) is 3.78. The van der Waals surface area contributed by atoms with Crippen LogP contribution < -0.4 is 15.2 Å². The minimum absolute atomic E-state index is 0.352. The summed E-state index contributed by atoms with van der Waals surface area (Å²) in [4.78, 5) is 0. The van der Waals surface area contributed by atoms with Crippen molar-refractivity contribution in [2.45, 2.75) is 12.4 Å². The molecule has 2 N–H and O–H groups in total. The van der Waals surface area contributed by atoms with Crippen molar-refractivity contribution in [2.24, 2.45) is 5.73 Å². The molecule has 0 aliphatic carbocycles. The number of hydrogen-bond donors (Lipinski definition) is 1. The lowest BCUT2D eigenvalue weighted by atomic mass is 9.98. The van der Waals surface area contributed by atoms with E-state index in [2.05, 4.69) is 4.74 Å². The molecule has 0 aromatic heterocycles. The lowest BCUT2D eigenvalue weighted by Gasteiger charge is -2.17. The zero-order valence-corrected chi connectivity index (χ0v) is 11.5. The van der Waals surface area contributed by atoms with Crippen LogP contribution in [0, 0.1) is 5.82 Å². The molecule has 0 bridgehead atoms. The van der Waals surface area contributed by atoms with Crippen LogP contribution in [0.1, 0.15) is 17.2 Å². The van der Waals surface area contributed by atoms with Crippen molar-refractivity contribution >= 4 is 0 Å². The normalized spacial score (nSPS) is 12.8. The van der Waals surface area contributed by atoms with E-state index in [1.807, 2.05) is 0 Å². The van der Waals surface area contributed by atoms with Crippen molar-refractivity contribution in [1.29, 1.82) is 0 Å². The van der Waals surface area contributed by atoms with E-state index in [1.165, 1.54) is 37.4 Å². The summed E-state index contributed by atoms with van der Waals surface area (Å²) in [5, 5.41) is 0. The summed E-state index contributed by atoms with van der Waals surface area (Å²) < 4.78 is 58.6. The third kappa shape index (κ3) is 3.88. The highest BCUT2D eigenvalue weighted by Crippen LogP contribution is 2.30. The third-order valence-electron chi connectivity index (χ3n) is 3.00. The van der Waals surface area contributed by atoms with Crippen LogP contribution in [0.4, 0.5) is 17.6 Å². The fraction of sp³-hybridized carbons (Fsp3) is 0.200. The van der Waals surface area contributed by atoms with E-state index >= 15 is 0 Å². The molecule has 0 amide bonds. The van der Waals surface area contributed by atoms with Gasteiger partial charge in [-0.1, -0.05) is 12.1 Å². The number of nitrogens with two attached hydrogens (primary N) is 1. The molecular formula is C15H13F4NO2. The molecule has 0 radical (unpaired) electrons. The van der Waals surface area contributed by atoms with Gasteiger partial charge in [0.15, 0.2) is 0 Å². The number of methoxy groups -OCH3 is 1. The molecule has 0 spiro atoms. The smallest absolute Gasteiger partial charge is 0.496 e. The van der Waals surface area contributed by atoms with Gasteiger partial charge in [-0.2, -0.15) is 0 Å². The monoisotopic (exact) mass is 315 g/mol. The van der Waals surface area contributed by atoms with E-state index in [9.17, 15) is 17.6 Å². The maximum atomic E-state index is 13.4. The van der Waals surface area contributed by atoms with Crippen molar-refractivity contribution in [3.05, 3.63) is 59.4 Å².